The van der Waals surface area contributed by atoms with Crippen LogP contribution in [0.5, 0.6) is 0 Å². The average Bonchev–Trinajstić information content (AvgIpc) is 3.12. The minimum absolute atomic E-state index is 0.0536. The molecule has 0 spiro atoms. The van der Waals surface area contributed by atoms with Gasteiger partial charge in [0, 0.05) is 0 Å². The Kier molecular flexibility index (Phi) is 3.62. The third-order valence-corrected chi connectivity index (χ3v) is 5.33. The average molecular weight is 368 g/mol. The highest BCUT2D eigenvalue weighted by molar-refractivity contribution is 6.39. The second-order valence-electron chi connectivity index (χ2n) is 6.95. The lowest BCUT2D eigenvalue weighted by Gasteiger charge is -2.26. The monoisotopic (exact) mass is 368 g/mol. The highest BCUT2D eigenvalue weighted by atomic mass is 16.2. The smallest absolute Gasteiger partial charge is 0.273 e. The Hall–Kier alpha value is -3.73. The first kappa shape index (κ1) is 16.4. The number of hydrogen-bond acceptors (Lipinski definition) is 3. The van der Waals surface area contributed by atoms with Crippen LogP contribution in [0.2, 0.25) is 0 Å². The minimum Gasteiger partial charge on any atom is -0.273 e. The lowest BCUT2D eigenvalue weighted by atomic mass is 9.97. The SMILES string of the molecule is O=C1NC(=O)N(c2ccccc2)C(=O)/C1=C\c1ccc2c3c(cccc13)CC2. The third-order valence-electron chi connectivity index (χ3n) is 5.33. The van der Waals surface area contributed by atoms with Crippen LogP contribution in [-0.4, -0.2) is 17.8 Å². The molecule has 28 heavy (non-hydrogen) atoms. The summed E-state index contributed by atoms with van der Waals surface area (Å²) in [5.41, 5.74) is 3.73. The van der Waals surface area contributed by atoms with Gasteiger partial charge in [-0.15, -0.1) is 0 Å². The van der Waals surface area contributed by atoms with E-state index < -0.39 is 17.8 Å². The van der Waals surface area contributed by atoms with Gasteiger partial charge in [0.05, 0.1) is 5.69 Å². The number of imide groups is 2. The van der Waals surface area contributed by atoms with Crippen molar-refractivity contribution in [3.05, 3.63) is 82.9 Å². The molecule has 0 aromatic heterocycles. The van der Waals surface area contributed by atoms with Crippen LogP contribution < -0.4 is 10.2 Å². The number of amides is 4. The number of rotatable bonds is 2. The third kappa shape index (κ3) is 2.44. The molecule has 0 radical (unpaired) electrons. The Morgan fingerprint density at radius 1 is 0.821 bits per heavy atom. The molecular weight excluding hydrogens is 352 g/mol. The van der Waals surface area contributed by atoms with Gasteiger partial charge in [0.1, 0.15) is 5.57 Å². The number of hydrogen-bond donors (Lipinski definition) is 1. The summed E-state index contributed by atoms with van der Waals surface area (Å²) in [6.45, 7) is 0. The minimum atomic E-state index is -0.737. The summed E-state index contributed by atoms with van der Waals surface area (Å²) in [6, 6.07) is 17.9. The summed E-state index contributed by atoms with van der Waals surface area (Å²) in [5, 5.41) is 4.49. The first-order chi connectivity index (χ1) is 13.6. The molecule has 3 aromatic rings. The number of nitrogens with zero attached hydrogens (tertiary/aromatic N) is 1. The fraction of sp³-hybridized carbons (Fsp3) is 0.0870. The zero-order valence-electron chi connectivity index (χ0n) is 14.9. The van der Waals surface area contributed by atoms with E-state index in [4.69, 9.17) is 0 Å². The van der Waals surface area contributed by atoms with Crippen LogP contribution in [0.1, 0.15) is 16.7 Å². The van der Waals surface area contributed by atoms with Gasteiger partial charge in [0.15, 0.2) is 0 Å². The number of urea groups is 1. The van der Waals surface area contributed by atoms with Crippen LogP contribution in [0, 0.1) is 0 Å². The molecule has 0 unspecified atom stereocenters. The summed E-state index contributed by atoms with van der Waals surface area (Å²) in [6.07, 6.45) is 3.59. The van der Waals surface area contributed by atoms with Crippen LogP contribution in [0.15, 0.2) is 66.2 Å². The molecule has 5 rings (SSSR count). The Morgan fingerprint density at radius 2 is 1.57 bits per heavy atom. The number of anilines is 1. The Labute approximate surface area is 161 Å². The van der Waals surface area contributed by atoms with Crippen LogP contribution >= 0.6 is 0 Å². The van der Waals surface area contributed by atoms with Crippen molar-refractivity contribution in [1.82, 2.24) is 5.32 Å². The van der Waals surface area contributed by atoms with Gasteiger partial charge < -0.3 is 0 Å². The van der Waals surface area contributed by atoms with Crippen molar-refractivity contribution in [2.75, 3.05) is 4.90 Å². The van der Waals surface area contributed by atoms with Gasteiger partial charge in [-0.1, -0.05) is 48.5 Å². The number of nitrogens with one attached hydrogen (secondary N) is 1. The van der Waals surface area contributed by atoms with Gasteiger partial charge >= 0.3 is 6.03 Å². The lowest BCUT2D eigenvalue weighted by molar-refractivity contribution is -0.122. The van der Waals surface area contributed by atoms with Crippen molar-refractivity contribution in [2.45, 2.75) is 12.8 Å². The number of carbonyl (C=O) groups is 3. The van der Waals surface area contributed by atoms with Crippen molar-refractivity contribution in [2.24, 2.45) is 0 Å². The van der Waals surface area contributed by atoms with Gasteiger partial charge in [-0.2, -0.15) is 0 Å². The molecule has 5 heteroatoms. The summed E-state index contributed by atoms with van der Waals surface area (Å²) in [7, 11) is 0. The molecule has 2 aliphatic rings. The molecular formula is C23H16N2O3. The van der Waals surface area contributed by atoms with Gasteiger partial charge in [0.2, 0.25) is 0 Å². The Morgan fingerprint density at radius 3 is 2.36 bits per heavy atom. The molecule has 1 N–H and O–H groups in total. The van der Waals surface area contributed by atoms with Crippen molar-refractivity contribution in [1.29, 1.82) is 0 Å². The molecule has 4 amide bonds. The first-order valence-electron chi connectivity index (χ1n) is 9.13. The Balaban J connectivity index is 1.64. The van der Waals surface area contributed by atoms with E-state index in [1.807, 2.05) is 18.2 Å². The molecule has 5 nitrogen and oxygen atoms in total. The lowest BCUT2D eigenvalue weighted by Crippen LogP contribution is -2.54. The molecule has 0 bridgehead atoms. The van der Waals surface area contributed by atoms with E-state index in [-0.39, 0.29) is 5.57 Å². The number of benzene rings is 3. The van der Waals surface area contributed by atoms with E-state index >= 15 is 0 Å². The van der Waals surface area contributed by atoms with E-state index in [1.54, 1.807) is 36.4 Å². The number of barbiturate groups is 1. The van der Waals surface area contributed by atoms with E-state index in [0.717, 1.165) is 28.7 Å². The van der Waals surface area contributed by atoms with Crippen molar-refractivity contribution >= 4 is 40.4 Å². The number of carbonyl (C=O) groups excluding carboxylic acids is 3. The van der Waals surface area contributed by atoms with E-state index in [9.17, 15) is 14.4 Å². The zero-order valence-corrected chi connectivity index (χ0v) is 14.9. The summed E-state index contributed by atoms with van der Waals surface area (Å²) >= 11 is 0. The molecule has 0 saturated carbocycles. The fourth-order valence-electron chi connectivity index (χ4n) is 4.02. The van der Waals surface area contributed by atoms with Gasteiger partial charge in [0.25, 0.3) is 11.8 Å². The van der Waals surface area contributed by atoms with Gasteiger partial charge in [-0.05, 0) is 58.5 Å². The molecule has 1 heterocycles. The molecule has 3 aromatic carbocycles. The molecule has 1 saturated heterocycles. The van der Waals surface area contributed by atoms with Crippen LogP contribution in [0.25, 0.3) is 16.8 Å². The van der Waals surface area contributed by atoms with Crippen molar-refractivity contribution in [3.8, 4) is 0 Å². The summed E-state index contributed by atoms with van der Waals surface area (Å²) in [4.78, 5) is 38.7. The van der Waals surface area contributed by atoms with Crippen LogP contribution in [-0.2, 0) is 22.4 Å². The van der Waals surface area contributed by atoms with E-state index in [1.165, 1.54) is 16.5 Å². The maximum Gasteiger partial charge on any atom is 0.335 e. The number of aryl methyl sites for hydroxylation is 2. The molecule has 0 atom stereocenters. The van der Waals surface area contributed by atoms with E-state index in [2.05, 4.69) is 17.4 Å². The second-order valence-corrected chi connectivity index (χ2v) is 6.95. The highest BCUT2D eigenvalue weighted by Crippen LogP contribution is 2.34. The molecule has 1 fully saturated rings. The summed E-state index contributed by atoms with van der Waals surface area (Å²) in [5.74, 6) is -1.30. The van der Waals surface area contributed by atoms with Crippen LogP contribution in [0.3, 0.4) is 0 Å². The zero-order chi connectivity index (χ0) is 19.3. The largest absolute Gasteiger partial charge is 0.335 e. The quantitative estimate of drug-likeness (QED) is 0.555. The maximum absolute atomic E-state index is 13.0. The molecule has 1 aliphatic heterocycles. The molecule has 1 aliphatic carbocycles. The van der Waals surface area contributed by atoms with Crippen molar-refractivity contribution < 1.29 is 14.4 Å². The van der Waals surface area contributed by atoms with Crippen molar-refractivity contribution in [3.63, 3.8) is 0 Å². The predicted octanol–water partition coefficient (Wildman–Crippen LogP) is 3.60. The second kappa shape index (κ2) is 6.16. The summed E-state index contributed by atoms with van der Waals surface area (Å²) < 4.78 is 0. The predicted molar refractivity (Wildman–Crippen MR) is 107 cm³/mol. The fourth-order valence-corrected chi connectivity index (χ4v) is 4.02. The Bertz CT molecular complexity index is 1180. The van der Waals surface area contributed by atoms with Crippen LogP contribution in [0.4, 0.5) is 10.5 Å². The topological polar surface area (TPSA) is 66.5 Å². The normalized spacial score (nSPS) is 17.5. The number of para-hydroxylation sites is 1. The van der Waals surface area contributed by atoms with E-state index in [0.29, 0.717) is 5.69 Å². The standard InChI is InChI=1S/C23H16N2O3/c26-21-19(22(27)25(23(28)24-21)17-6-2-1-3-7-17)13-16-12-11-15-10-9-14-5-4-8-18(16)20(14)15/h1-8,11-13H,9-10H2,(H,24,26,28)/b19-13-. The molecule has 136 valence electrons. The van der Waals surface area contributed by atoms with Gasteiger partial charge in [-0.25, -0.2) is 9.69 Å². The maximum atomic E-state index is 13.0. The first-order valence-corrected chi connectivity index (χ1v) is 9.13. The van der Waals surface area contributed by atoms with Gasteiger partial charge in [-0.3, -0.25) is 14.9 Å². The highest BCUT2D eigenvalue weighted by Gasteiger charge is 2.36.